The molecule has 2 rings (SSSR count). The van der Waals surface area contributed by atoms with Crippen LogP contribution in [0.2, 0.25) is 0 Å². The van der Waals surface area contributed by atoms with Gasteiger partial charge >= 0.3 is 18.9 Å². The average molecular weight is 256 g/mol. The van der Waals surface area contributed by atoms with Crippen molar-refractivity contribution in [1.29, 1.82) is 0 Å². The van der Waals surface area contributed by atoms with E-state index >= 15 is 0 Å². The molecule has 0 unspecified atom stereocenters. The molecule has 18 heavy (non-hydrogen) atoms. The quantitative estimate of drug-likeness (QED) is 0.447. The number of benzene rings is 1. The van der Waals surface area contributed by atoms with Crippen molar-refractivity contribution in [3.8, 4) is 0 Å². The summed E-state index contributed by atoms with van der Waals surface area (Å²) in [5.74, 6) is 0. The van der Waals surface area contributed by atoms with Gasteiger partial charge in [0.2, 0.25) is 0 Å². The van der Waals surface area contributed by atoms with E-state index < -0.39 is 0 Å². The zero-order valence-electron chi connectivity index (χ0n) is 11.8. The van der Waals surface area contributed by atoms with E-state index in [-0.39, 0.29) is 37.2 Å². The van der Waals surface area contributed by atoms with E-state index in [0.717, 1.165) is 0 Å². The predicted octanol–water partition coefficient (Wildman–Crippen LogP) is 0.576. The third-order valence-electron chi connectivity index (χ3n) is 3.33. The molecule has 0 amide bonds. The normalized spacial score (nSPS) is 20.6. The van der Waals surface area contributed by atoms with E-state index in [1.807, 2.05) is 23.9 Å². The molecule has 0 spiro atoms. The van der Waals surface area contributed by atoms with E-state index in [9.17, 15) is 0 Å². The van der Waals surface area contributed by atoms with E-state index in [4.69, 9.17) is 9.31 Å². The molecule has 1 fully saturated rings. The van der Waals surface area contributed by atoms with Gasteiger partial charge in [-0.05, 0) is 32.6 Å². The van der Waals surface area contributed by atoms with Crippen molar-refractivity contribution in [2.75, 3.05) is 0 Å². The molecular weight excluding hydrogens is 238 g/mol. The summed E-state index contributed by atoms with van der Waals surface area (Å²) in [6.45, 7) is 8.25. The molecule has 1 aromatic carbocycles. The first-order valence-electron chi connectivity index (χ1n) is 5.81. The van der Waals surface area contributed by atoms with Crippen LogP contribution in [-0.2, 0) is 9.31 Å². The molecule has 1 heterocycles. The minimum atomic E-state index is -0.259. The summed E-state index contributed by atoms with van der Waals surface area (Å²) in [7, 11) is -0.245. The minimum Gasteiger partial charge on any atom is -0.429 e. The Labute approximate surface area is 127 Å². The van der Waals surface area contributed by atoms with Crippen LogP contribution in [0.15, 0.2) is 35.2 Å². The van der Waals surface area contributed by atoms with Crippen molar-refractivity contribution in [2.45, 2.75) is 43.8 Å². The molecule has 92 valence electrons. The molecule has 0 N–H and O–H groups in total. The molecule has 1 aliphatic heterocycles. The molecule has 1 saturated heterocycles. The van der Waals surface area contributed by atoms with Gasteiger partial charge in [0.25, 0.3) is 7.12 Å². The summed E-state index contributed by atoms with van der Waals surface area (Å²) in [5.41, 5.74) is 1.49. The average Bonchev–Trinajstić information content (AvgIpc) is 2.46. The van der Waals surface area contributed by atoms with Crippen LogP contribution in [0.5, 0.6) is 0 Å². The molecule has 0 bridgehead atoms. The van der Waals surface area contributed by atoms with E-state index in [0.29, 0.717) is 0 Å². The van der Waals surface area contributed by atoms with Gasteiger partial charge in [0.15, 0.2) is 0 Å². The summed E-state index contributed by atoms with van der Waals surface area (Å²) >= 11 is 1.64. The van der Waals surface area contributed by atoms with Crippen LogP contribution < -0.4 is 18.9 Å². The van der Waals surface area contributed by atoms with Gasteiger partial charge in [0.05, 0.1) is 11.2 Å². The van der Waals surface area contributed by atoms with Crippen LogP contribution in [0, 0.1) is 5.65 Å². The van der Waals surface area contributed by atoms with Gasteiger partial charge in [-0.15, -0.1) is 0 Å². The Hall–Kier alpha value is 0.152. The first-order valence-corrected chi connectivity index (χ1v) is 6.69. The van der Waals surface area contributed by atoms with Crippen molar-refractivity contribution >= 4 is 18.9 Å². The molecule has 2 nitrogen and oxygen atoms in total. The summed E-state index contributed by atoms with van der Waals surface area (Å²) < 4.78 is 11.8. The van der Waals surface area contributed by atoms with Gasteiger partial charge in [-0.1, -0.05) is 30.3 Å². The first kappa shape index (κ1) is 16.2. The molecule has 0 saturated carbocycles. The van der Waals surface area contributed by atoms with Crippen LogP contribution in [-0.4, -0.2) is 18.3 Å². The van der Waals surface area contributed by atoms with Crippen LogP contribution in [0.1, 0.15) is 27.7 Å². The molecule has 0 radical (unpaired) electrons. The number of hydrogen-bond donors (Lipinski definition) is 0. The third-order valence-corrected chi connectivity index (χ3v) is 4.23. The Morgan fingerprint density at radius 1 is 1.00 bits per heavy atom. The van der Waals surface area contributed by atoms with E-state index in [1.165, 1.54) is 4.90 Å². The summed E-state index contributed by atoms with van der Waals surface area (Å²) in [4.78, 5) is 1.20. The Bertz CT molecular complexity index is 368. The van der Waals surface area contributed by atoms with Gasteiger partial charge in [-0.25, -0.2) is 5.65 Å². The molecule has 1 aromatic rings. The molecule has 1 aliphatic rings. The van der Waals surface area contributed by atoms with Gasteiger partial charge < -0.3 is 21.1 Å². The van der Waals surface area contributed by atoms with Crippen molar-refractivity contribution in [2.24, 2.45) is 0 Å². The first-order chi connectivity index (χ1) is 7.91. The van der Waals surface area contributed by atoms with Crippen molar-refractivity contribution < 1.29 is 28.2 Å². The van der Waals surface area contributed by atoms with Crippen molar-refractivity contribution in [1.82, 2.24) is 0 Å². The molecular formula is C13H18BLiO2S. The van der Waals surface area contributed by atoms with Gasteiger partial charge in [0, 0.05) is 0 Å². The topological polar surface area (TPSA) is 18.5 Å². The maximum Gasteiger partial charge on any atom is 1.00 e. The Balaban J connectivity index is 0.00000162. The predicted molar refractivity (Wildman–Crippen MR) is 72.7 cm³/mol. The minimum absolute atomic E-state index is 0. The standard InChI is InChI=1S/C13H18BO2S.Li/c1-12(2)13(3,4)16-14(15-12)10-17-11-8-6-5-7-9-11;/h5-10H,1-4H3;/q-1;+1. The monoisotopic (exact) mass is 256 g/mol. The van der Waals surface area contributed by atoms with Crippen LogP contribution >= 0.6 is 11.8 Å². The number of thioether (sulfide) groups is 1. The number of rotatable bonds is 3. The second kappa shape index (κ2) is 6.07. The maximum atomic E-state index is 5.89. The van der Waals surface area contributed by atoms with E-state index in [2.05, 4.69) is 39.8 Å². The summed E-state index contributed by atoms with van der Waals surface area (Å²) in [6.07, 6.45) is 0. The van der Waals surface area contributed by atoms with Gasteiger partial charge in [0.1, 0.15) is 0 Å². The van der Waals surface area contributed by atoms with Gasteiger partial charge in [-0.2, -0.15) is 0 Å². The van der Waals surface area contributed by atoms with Crippen molar-refractivity contribution in [3.63, 3.8) is 0 Å². The fourth-order valence-electron chi connectivity index (χ4n) is 1.58. The van der Waals surface area contributed by atoms with E-state index in [1.54, 1.807) is 11.8 Å². The van der Waals surface area contributed by atoms with Crippen LogP contribution in [0.4, 0.5) is 0 Å². The SMILES string of the molecule is CC1(C)OB([CH-]Sc2ccccc2)OC1(C)C.[Li+]. The second-order valence-corrected chi connectivity index (χ2v) is 6.17. The van der Waals surface area contributed by atoms with Crippen LogP contribution in [0.25, 0.3) is 0 Å². The largest absolute Gasteiger partial charge is 1.00 e. The molecule has 0 aliphatic carbocycles. The molecule has 5 heteroatoms. The van der Waals surface area contributed by atoms with Crippen molar-refractivity contribution in [3.05, 3.63) is 36.0 Å². The maximum absolute atomic E-state index is 5.89. The Morgan fingerprint density at radius 3 is 2.00 bits per heavy atom. The summed E-state index contributed by atoms with van der Waals surface area (Å²) in [5, 5.41) is 0. The smallest absolute Gasteiger partial charge is 0.429 e. The second-order valence-electron chi connectivity index (χ2n) is 5.19. The Morgan fingerprint density at radius 2 is 1.50 bits per heavy atom. The molecule has 0 aromatic heterocycles. The zero-order valence-corrected chi connectivity index (χ0v) is 12.6. The van der Waals surface area contributed by atoms with Crippen LogP contribution in [0.3, 0.4) is 0 Å². The summed E-state index contributed by atoms with van der Waals surface area (Å²) in [6, 6.07) is 10.2. The molecule has 0 atom stereocenters. The fraction of sp³-hybridized carbons (Fsp3) is 0.462. The number of hydrogen-bond acceptors (Lipinski definition) is 3. The third kappa shape index (κ3) is 3.59. The Kier molecular flexibility index (Phi) is 5.47. The fourth-order valence-corrected chi connectivity index (χ4v) is 2.27. The zero-order chi connectivity index (χ0) is 12.5. The van der Waals surface area contributed by atoms with Gasteiger partial charge in [-0.3, -0.25) is 0 Å².